The van der Waals surface area contributed by atoms with Crippen LogP contribution in [0.5, 0.6) is 5.75 Å². The molecule has 106 valence electrons. The maximum Gasteiger partial charge on any atom is 0.122 e. The molecule has 3 aromatic rings. The minimum absolute atomic E-state index is 0.427. The summed E-state index contributed by atoms with van der Waals surface area (Å²) in [7, 11) is 1.71. The van der Waals surface area contributed by atoms with Gasteiger partial charge in [0.2, 0.25) is 0 Å². The second-order valence-corrected chi connectivity index (χ2v) is 5.36. The quantitative estimate of drug-likeness (QED) is 0.711. The number of benzene rings is 2. The maximum atomic E-state index is 5.51. The molecule has 0 aliphatic rings. The molecule has 0 aliphatic heterocycles. The van der Waals surface area contributed by atoms with Crippen LogP contribution in [-0.4, -0.2) is 17.1 Å². The Morgan fingerprint density at radius 2 is 1.76 bits per heavy atom. The van der Waals surface area contributed by atoms with Crippen LogP contribution in [0.2, 0.25) is 0 Å². The monoisotopic (exact) mass is 278 g/mol. The van der Waals surface area contributed by atoms with Crippen molar-refractivity contribution >= 4 is 11.0 Å². The third-order valence-corrected chi connectivity index (χ3v) is 3.60. The van der Waals surface area contributed by atoms with Gasteiger partial charge in [0, 0.05) is 5.56 Å². The Labute approximate surface area is 124 Å². The van der Waals surface area contributed by atoms with Crippen LogP contribution in [0, 0.1) is 0 Å². The minimum atomic E-state index is 0.427. The first-order chi connectivity index (χ1) is 10.2. The lowest BCUT2D eigenvalue weighted by Crippen LogP contribution is -1.95. The van der Waals surface area contributed by atoms with Gasteiger partial charge in [-0.25, -0.2) is 4.98 Å². The van der Waals surface area contributed by atoms with Crippen LogP contribution in [0.25, 0.3) is 22.3 Å². The predicted molar refractivity (Wildman–Crippen MR) is 85.6 cm³/mol. The molecule has 3 nitrogen and oxygen atoms in total. The molecule has 0 saturated heterocycles. The van der Waals surface area contributed by atoms with Crippen molar-refractivity contribution in [3.63, 3.8) is 0 Å². The van der Waals surface area contributed by atoms with Gasteiger partial charge in [0.15, 0.2) is 0 Å². The molecule has 0 N–H and O–H groups in total. The number of methoxy groups -OCH3 is 1. The van der Waals surface area contributed by atoms with E-state index < -0.39 is 0 Å². The second kappa shape index (κ2) is 5.52. The zero-order valence-electron chi connectivity index (χ0n) is 12.5. The van der Waals surface area contributed by atoms with Gasteiger partial charge in [-0.2, -0.15) is 0 Å². The van der Waals surface area contributed by atoms with Crippen LogP contribution in [-0.2, 0) is 0 Å². The van der Waals surface area contributed by atoms with Crippen molar-refractivity contribution in [3.8, 4) is 17.0 Å². The Bertz CT molecular complexity index is 781. The van der Waals surface area contributed by atoms with Gasteiger partial charge >= 0.3 is 0 Å². The lowest BCUT2D eigenvalue weighted by Gasteiger charge is -2.13. The fraction of sp³-hybridized carbons (Fsp3) is 0.222. The topological polar surface area (TPSA) is 35.0 Å². The molecule has 0 atom stereocenters. The Hall–Kier alpha value is -2.42. The van der Waals surface area contributed by atoms with Crippen LogP contribution < -0.4 is 4.74 Å². The zero-order valence-corrected chi connectivity index (χ0v) is 12.5. The first-order valence-electron chi connectivity index (χ1n) is 7.09. The Balaban J connectivity index is 2.09. The van der Waals surface area contributed by atoms with Crippen molar-refractivity contribution in [2.24, 2.45) is 0 Å². The van der Waals surface area contributed by atoms with Crippen LogP contribution >= 0.6 is 0 Å². The molecule has 0 aliphatic carbocycles. The van der Waals surface area contributed by atoms with Gasteiger partial charge < -0.3 is 4.74 Å². The number of aromatic nitrogens is 2. The molecule has 1 aromatic heterocycles. The fourth-order valence-electron chi connectivity index (χ4n) is 2.44. The van der Waals surface area contributed by atoms with Gasteiger partial charge in [-0.05, 0) is 29.7 Å². The molecule has 2 aromatic carbocycles. The summed E-state index contributed by atoms with van der Waals surface area (Å²) in [5.41, 5.74) is 4.90. The maximum absolute atomic E-state index is 5.51. The Morgan fingerprint density at radius 1 is 1.00 bits per heavy atom. The molecule has 0 unspecified atom stereocenters. The highest BCUT2D eigenvalue weighted by Crippen LogP contribution is 2.31. The zero-order chi connectivity index (χ0) is 14.8. The van der Waals surface area contributed by atoms with Crippen molar-refractivity contribution in [2.75, 3.05) is 7.11 Å². The minimum Gasteiger partial charge on any atom is -0.496 e. The van der Waals surface area contributed by atoms with Crippen molar-refractivity contribution in [1.82, 2.24) is 9.97 Å². The second-order valence-electron chi connectivity index (χ2n) is 5.36. The summed E-state index contributed by atoms with van der Waals surface area (Å²) in [6.07, 6.45) is 1.81. The normalized spacial score (nSPS) is 11.0. The number of nitrogens with zero attached hydrogens (tertiary/aromatic N) is 2. The molecule has 21 heavy (non-hydrogen) atoms. The summed E-state index contributed by atoms with van der Waals surface area (Å²) >= 11 is 0. The van der Waals surface area contributed by atoms with Gasteiger partial charge in [-0.3, -0.25) is 4.98 Å². The highest BCUT2D eigenvalue weighted by Gasteiger charge is 2.10. The lowest BCUT2D eigenvalue weighted by molar-refractivity contribution is 0.408. The average molecular weight is 278 g/mol. The van der Waals surface area contributed by atoms with Crippen LogP contribution in [0.15, 0.2) is 48.7 Å². The molecule has 1 heterocycles. The number of ether oxygens (including phenoxy) is 1. The van der Waals surface area contributed by atoms with Crippen molar-refractivity contribution in [2.45, 2.75) is 19.8 Å². The molecule has 0 bridgehead atoms. The summed E-state index contributed by atoms with van der Waals surface area (Å²) in [5.74, 6) is 1.33. The third kappa shape index (κ3) is 2.59. The summed E-state index contributed by atoms with van der Waals surface area (Å²) in [5, 5.41) is 0. The Morgan fingerprint density at radius 3 is 2.48 bits per heavy atom. The van der Waals surface area contributed by atoms with Crippen LogP contribution in [0.4, 0.5) is 0 Å². The van der Waals surface area contributed by atoms with Gasteiger partial charge in [0.1, 0.15) is 5.75 Å². The number of para-hydroxylation sites is 2. The Kier molecular flexibility index (Phi) is 3.57. The summed E-state index contributed by atoms with van der Waals surface area (Å²) < 4.78 is 5.51. The summed E-state index contributed by atoms with van der Waals surface area (Å²) in [6.45, 7) is 4.32. The number of hydrogen-bond donors (Lipinski definition) is 0. The van der Waals surface area contributed by atoms with Gasteiger partial charge in [0.25, 0.3) is 0 Å². The highest BCUT2D eigenvalue weighted by atomic mass is 16.5. The third-order valence-electron chi connectivity index (χ3n) is 3.60. The van der Waals surface area contributed by atoms with E-state index in [-0.39, 0.29) is 0 Å². The van der Waals surface area contributed by atoms with Crippen molar-refractivity contribution in [3.05, 3.63) is 54.2 Å². The van der Waals surface area contributed by atoms with Crippen LogP contribution in [0.3, 0.4) is 0 Å². The van der Waals surface area contributed by atoms with E-state index in [1.807, 2.05) is 36.5 Å². The number of rotatable bonds is 3. The lowest BCUT2D eigenvalue weighted by atomic mass is 9.99. The van der Waals surface area contributed by atoms with Crippen LogP contribution in [0.1, 0.15) is 25.3 Å². The number of fused-ring (bicyclic) bond motifs is 1. The van der Waals surface area contributed by atoms with E-state index in [0.29, 0.717) is 5.92 Å². The van der Waals surface area contributed by atoms with E-state index in [2.05, 4.69) is 35.9 Å². The molecule has 3 rings (SSSR count). The van der Waals surface area contributed by atoms with Crippen molar-refractivity contribution < 1.29 is 4.74 Å². The van der Waals surface area contributed by atoms with E-state index in [1.54, 1.807) is 7.11 Å². The first kappa shape index (κ1) is 13.6. The number of hydrogen-bond acceptors (Lipinski definition) is 3. The predicted octanol–water partition coefficient (Wildman–Crippen LogP) is 4.43. The molecular weight excluding hydrogens is 260 g/mol. The van der Waals surface area contributed by atoms with Gasteiger partial charge in [0.05, 0.1) is 30.0 Å². The van der Waals surface area contributed by atoms with E-state index in [1.165, 1.54) is 5.56 Å². The molecule has 0 spiro atoms. The standard InChI is InChI=1S/C18H18N2O/c1-12(2)14-9-8-13(10-18(14)21-3)17-11-19-15-6-4-5-7-16(15)20-17/h4-12H,1-3H3. The summed E-state index contributed by atoms with van der Waals surface area (Å²) in [4.78, 5) is 9.14. The fourth-order valence-corrected chi connectivity index (χ4v) is 2.44. The molecule has 0 amide bonds. The largest absolute Gasteiger partial charge is 0.496 e. The van der Waals surface area contributed by atoms with Crippen molar-refractivity contribution in [1.29, 1.82) is 0 Å². The van der Waals surface area contributed by atoms with E-state index in [0.717, 1.165) is 28.0 Å². The van der Waals surface area contributed by atoms with E-state index in [9.17, 15) is 0 Å². The molecule has 3 heteroatoms. The average Bonchev–Trinajstić information content (AvgIpc) is 2.53. The molecule has 0 radical (unpaired) electrons. The highest BCUT2D eigenvalue weighted by molar-refractivity contribution is 5.77. The molecule has 0 saturated carbocycles. The van der Waals surface area contributed by atoms with E-state index >= 15 is 0 Å². The smallest absolute Gasteiger partial charge is 0.122 e. The molecule has 0 fully saturated rings. The summed E-state index contributed by atoms with van der Waals surface area (Å²) in [6, 6.07) is 14.1. The molecular formula is C18H18N2O. The van der Waals surface area contributed by atoms with Gasteiger partial charge in [-0.1, -0.05) is 38.1 Å². The van der Waals surface area contributed by atoms with Gasteiger partial charge in [-0.15, -0.1) is 0 Å². The SMILES string of the molecule is COc1cc(-c2cnc3ccccc3n2)ccc1C(C)C. The first-order valence-corrected chi connectivity index (χ1v) is 7.09. The van der Waals surface area contributed by atoms with E-state index in [4.69, 9.17) is 4.74 Å².